The minimum Gasteiger partial charge on any atom is -0.504 e. The Hall–Kier alpha value is -1.39. The Labute approximate surface area is 138 Å². The molecular weight excluding hydrogens is 354 g/mol. The molecule has 21 heavy (non-hydrogen) atoms. The van der Waals surface area contributed by atoms with E-state index in [4.69, 9.17) is 16.3 Å². The number of ether oxygens (including phenoxy) is 1. The molecular formula is C16H17BrClNO2. The Morgan fingerprint density at radius 3 is 2.67 bits per heavy atom. The Bertz CT molecular complexity index is 661. The van der Waals surface area contributed by atoms with Crippen molar-refractivity contribution < 1.29 is 9.84 Å². The number of benzene rings is 2. The molecule has 112 valence electrons. The molecule has 0 bridgehead atoms. The van der Waals surface area contributed by atoms with Crippen molar-refractivity contribution >= 4 is 33.2 Å². The van der Waals surface area contributed by atoms with Crippen molar-refractivity contribution in [2.45, 2.75) is 19.9 Å². The van der Waals surface area contributed by atoms with Crippen LogP contribution < -0.4 is 10.1 Å². The number of nitrogens with one attached hydrogen (secondary N) is 1. The third-order valence-corrected chi connectivity index (χ3v) is 4.39. The highest BCUT2D eigenvalue weighted by molar-refractivity contribution is 9.10. The lowest BCUT2D eigenvalue weighted by molar-refractivity contribution is 0.373. The number of hydrogen-bond acceptors (Lipinski definition) is 3. The summed E-state index contributed by atoms with van der Waals surface area (Å²) < 4.78 is 6.10. The van der Waals surface area contributed by atoms with E-state index >= 15 is 0 Å². The summed E-state index contributed by atoms with van der Waals surface area (Å²) in [6.45, 7) is 4.00. The number of halogens is 2. The van der Waals surface area contributed by atoms with Crippen LogP contribution in [0.2, 0.25) is 5.02 Å². The molecule has 1 atom stereocenters. The van der Waals surface area contributed by atoms with Gasteiger partial charge in [0.1, 0.15) is 0 Å². The predicted octanol–water partition coefficient (Wildman–Crippen LogP) is 5.30. The van der Waals surface area contributed by atoms with E-state index in [0.717, 1.165) is 26.3 Å². The second-order valence-corrected chi connectivity index (χ2v) is 6.14. The van der Waals surface area contributed by atoms with Crippen LogP contribution in [0.25, 0.3) is 0 Å². The fourth-order valence-electron chi connectivity index (χ4n) is 2.04. The van der Waals surface area contributed by atoms with Crippen molar-refractivity contribution in [2.24, 2.45) is 0 Å². The Morgan fingerprint density at radius 2 is 2.00 bits per heavy atom. The average molecular weight is 371 g/mol. The summed E-state index contributed by atoms with van der Waals surface area (Å²) in [6.07, 6.45) is 0. The SMILES string of the molecule is COc1cc(C(C)Nc2cc(Cl)c(C)cc2Br)ccc1O. The standard InChI is InChI=1S/C16H17BrClNO2/c1-9-6-12(17)14(8-13(9)18)19-10(2)11-4-5-15(20)16(7-11)21-3/h4-8,10,19-20H,1-3H3. The van der Waals surface area contributed by atoms with Crippen LogP contribution in [0, 0.1) is 6.92 Å². The Kier molecular flexibility index (Phi) is 5.01. The third kappa shape index (κ3) is 3.63. The molecule has 5 heteroatoms. The van der Waals surface area contributed by atoms with Gasteiger partial charge in [0.15, 0.2) is 11.5 Å². The number of aryl methyl sites for hydroxylation is 1. The monoisotopic (exact) mass is 369 g/mol. The summed E-state index contributed by atoms with van der Waals surface area (Å²) in [6, 6.07) is 9.22. The first-order valence-electron chi connectivity index (χ1n) is 6.51. The number of phenols is 1. The molecule has 0 aliphatic rings. The van der Waals surface area contributed by atoms with Gasteiger partial charge in [-0.2, -0.15) is 0 Å². The average Bonchev–Trinajstić information content (AvgIpc) is 2.45. The smallest absolute Gasteiger partial charge is 0.160 e. The summed E-state index contributed by atoms with van der Waals surface area (Å²) in [5.41, 5.74) is 2.95. The predicted molar refractivity (Wildman–Crippen MR) is 90.6 cm³/mol. The number of anilines is 1. The van der Waals surface area contributed by atoms with E-state index in [1.165, 1.54) is 7.11 Å². The van der Waals surface area contributed by atoms with Crippen molar-refractivity contribution in [2.75, 3.05) is 12.4 Å². The zero-order valence-corrected chi connectivity index (χ0v) is 14.4. The Balaban J connectivity index is 2.25. The van der Waals surface area contributed by atoms with Crippen LogP contribution in [0.15, 0.2) is 34.8 Å². The molecule has 0 aliphatic carbocycles. The second kappa shape index (κ2) is 6.58. The summed E-state index contributed by atoms with van der Waals surface area (Å²) >= 11 is 9.71. The van der Waals surface area contributed by atoms with Crippen molar-refractivity contribution in [3.05, 3.63) is 51.0 Å². The van der Waals surface area contributed by atoms with Crippen LogP contribution in [0.4, 0.5) is 5.69 Å². The molecule has 2 aromatic rings. The van der Waals surface area contributed by atoms with Crippen molar-refractivity contribution in [1.82, 2.24) is 0 Å². The van der Waals surface area contributed by atoms with E-state index in [2.05, 4.69) is 21.2 Å². The van der Waals surface area contributed by atoms with Gasteiger partial charge in [0.2, 0.25) is 0 Å². The van der Waals surface area contributed by atoms with Gasteiger partial charge in [-0.1, -0.05) is 17.7 Å². The number of rotatable bonds is 4. The van der Waals surface area contributed by atoms with Crippen molar-refractivity contribution in [3.8, 4) is 11.5 Å². The van der Waals surface area contributed by atoms with Crippen LogP contribution >= 0.6 is 27.5 Å². The van der Waals surface area contributed by atoms with Crippen LogP contribution in [0.5, 0.6) is 11.5 Å². The lowest BCUT2D eigenvalue weighted by atomic mass is 10.1. The second-order valence-electron chi connectivity index (χ2n) is 4.88. The topological polar surface area (TPSA) is 41.5 Å². The maximum absolute atomic E-state index is 9.65. The molecule has 2 rings (SSSR count). The molecule has 0 spiro atoms. The lowest BCUT2D eigenvalue weighted by Crippen LogP contribution is -2.07. The van der Waals surface area contributed by atoms with Gasteiger partial charge >= 0.3 is 0 Å². The van der Waals surface area contributed by atoms with E-state index in [1.807, 2.05) is 38.1 Å². The van der Waals surface area contributed by atoms with E-state index in [9.17, 15) is 5.11 Å². The molecule has 0 aliphatic heterocycles. The zero-order valence-electron chi connectivity index (χ0n) is 12.1. The zero-order chi connectivity index (χ0) is 15.6. The molecule has 3 nitrogen and oxygen atoms in total. The van der Waals surface area contributed by atoms with Crippen LogP contribution in [0.3, 0.4) is 0 Å². The van der Waals surface area contributed by atoms with Crippen LogP contribution in [0.1, 0.15) is 24.1 Å². The van der Waals surface area contributed by atoms with E-state index in [-0.39, 0.29) is 11.8 Å². The minimum absolute atomic E-state index is 0.0366. The van der Waals surface area contributed by atoms with Gasteiger partial charge < -0.3 is 15.2 Å². The van der Waals surface area contributed by atoms with Crippen molar-refractivity contribution in [1.29, 1.82) is 0 Å². The first kappa shape index (κ1) is 16.0. The molecule has 0 saturated carbocycles. The molecule has 0 fully saturated rings. The summed E-state index contributed by atoms with van der Waals surface area (Å²) in [5.74, 6) is 0.593. The maximum atomic E-state index is 9.65. The largest absolute Gasteiger partial charge is 0.504 e. The van der Waals surface area contributed by atoms with Crippen LogP contribution in [-0.2, 0) is 0 Å². The fraction of sp³-hybridized carbons (Fsp3) is 0.250. The van der Waals surface area contributed by atoms with Gasteiger partial charge in [-0.25, -0.2) is 0 Å². The van der Waals surface area contributed by atoms with Gasteiger partial charge in [0.25, 0.3) is 0 Å². The molecule has 0 amide bonds. The highest BCUT2D eigenvalue weighted by Crippen LogP contribution is 2.34. The molecule has 2 aromatic carbocycles. The first-order chi connectivity index (χ1) is 9.92. The number of hydrogen-bond donors (Lipinski definition) is 2. The van der Waals surface area contributed by atoms with Crippen LogP contribution in [-0.4, -0.2) is 12.2 Å². The normalized spacial score (nSPS) is 12.0. The number of aromatic hydroxyl groups is 1. The minimum atomic E-state index is 0.0366. The third-order valence-electron chi connectivity index (χ3n) is 3.32. The lowest BCUT2D eigenvalue weighted by Gasteiger charge is -2.18. The molecule has 2 N–H and O–H groups in total. The maximum Gasteiger partial charge on any atom is 0.160 e. The summed E-state index contributed by atoms with van der Waals surface area (Å²) in [5, 5.41) is 13.8. The van der Waals surface area contributed by atoms with Gasteiger partial charge in [-0.05, 0) is 65.2 Å². The molecule has 0 heterocycles. The summed E-state index contributed by atoms with van der Waals surface area (Å²) in [4.78, 5) is 0. The van der Waals surface area contributed by atoms with E-state index in [1.54, 1.807) is 6.07 Å². The van der Waals surface area contributed by atoms with Crippen molar-refractivity contribution in [3.63, 3.8) is 0 Å². The van der Waals surface area contributed by atoms with Gasteiger partial charge in [0.05, 0.1) is 12.8 Å². The van der Waals surface area contributed by atoms with Gasteiger partial charge in [-0.15, -0.1) is 0 Å². The molecule has 0 aromatic heterocycles. The fourth-order valence-corrected chi connectivity index (χ4v) is 2.77. The van der Waals surface area contributed by atoms with Gasteiger partial charge in [-0.3, -0.25) is 0 Å². The summed E-state index contributed by atoms with van der Waals surface area (Å²) in [7, 11) is 1.53. The highest BCUT2D eigenvalue weighted by Gasteiger charge is 2.12. The van der Waals surface area contributed by atoms with E-state index < -0.39 is 0 Å². The number of phenolic OH excluding ortho intramolecular Hbond substituents is 1. The van der Waals surface area contributed by atoms with Gasteiger partial charge in [0, 0.05) is 15.5 Å². The molecule has 1 unspecified atom stereocenters. The Morgan fingerprint density at radius 1 is 1.29 bits per heavy atom. The highest BCUT2D eigenvalue weighted by atomic mass is 79.9. The quantitative estimate of drug-likeness (QED) is 0.767. The molecule has 0 saturated heterocycles. The first-order valence-corrected chi connectivity index (χ1v) is 7.68. The van der Waals surface area contributed by atoms with E-state index in [0.29, 0.717) is 5.75 Å². The molecule has 0 radical (unpaired) electrons. The number of methoxy groups -OCH3 is 1.